The molecule has 0 saturated carbocycles. The van der Waals surface area contributed by atoms with E-state index in [2.05, 4.69) is 5.10 Å². The Bertz CT molecular complexity index is 542. The zero-order valence-electron chi connectivity index (χ0n) is 10.8. The number of aromatic nitrogens is 2. The van der Waals surface area contributed by atoms with E-state index >= 15 is 0 Å². The first kappa shape index (κ1) is 13.6. The lowest BCUT2D eigenvalue weighted by Crippen LogP contribution is -2.10. The van der Waals surface area contributed by atoms with Crippen molar-refractivity contribution >= 4 is 0 Å². The molecule has 19 heavy (non-hydrogen) atoms. The van der Waals surface area contributed by atoms with Crippen LogP contribution in [0.4, 0.5) is 13.2 Å². The Morgan fingerprint density at radius 2 is 1.79 bits per heavy atom. The van der Waals surface area contributed by atoms with Crippen molar-refractivity contribution < 1.29 is 13.2 Å². The molecule has 0 amide bonds. The van der Waals surface area contributed by atoms with Gasteiger partial charge in [-0.3, -0.25) is 4.68 Å². The maximum atomic E-state index is 12.7. The SMILES string of the molecule is CC(C)c1cc(C(F)(F)F)nn1Cc1ccccc1. The first-order chi connectivity index (χ1) is 8.88. The quantitative estimate of drug-likeness (QED) is 0.820. The van der Waals surface area contributed by atoms with E-state index < -0.39 is 11.9 Å². The van der Waals surface area contributed by atoms with Gasteiger partial charge in [0.2, 0.25) is 0 Å². The molecule has 2 nitrogen and oxygen atoms in total. The average Bonchev–Trinajstić information content (AvgIpc) is 2.74. The van der Waals surface area contributed by atoms with Crippen LogP contribution >= 0.6 is 0 Å². The minimum Gasteiger partial charge on any atom is -0.264 e. The standard InChI is InChI=1S/C14H15F3N2/c1-10(2)12-8-13(14(15,16)17)18-19(12)9-11-6-4-3-5-7-11/h3-8,10H,9H2,1-2H3. The van der Waals surface area contributed by atoms with Gasteiger partial charge in [0, 0.05) is 5.69 Å². The zero-order valence-corrected chi connectivity index (χ0v) is 10.8. The molecule has 0 fully saturated rings. The van der Waals surface area contributed by atoms with Gasteiger partial charge in [-0.2, -0.15) is 18.3 Å². The minimum atomic E-state index is -4.40. The summed E-state index contributed by atoms with van der Waals surface area (Å²) in [6, 6.07) is 10.5. The number of hydrogen-bond donors (Lipinski definition) is 0. The van der Waals surface area contributed by atoms with Crippen LogP contribution in [0.1, 0.15) is 36.7 Å². The topological polar surface area (TPSA) is 17.8 Å². The van der Waals surface area contributed by atoms with Gasteiger partial charge in [0.15, 0.2) is 5.69 Å². The number of alkyl halides is 3. The lowest BCUT2D eigenvalue weighted by molar-refractivity contribution is -0.141. The second kappa shape index (κ2) is 5.07. The van der Waals surface area contributed by atoms with E-state index in [9.17, 15) is 13.2 Å². The molecule has 0 aliphatic heterocycles. The summed E-state index contributed by atoms with van der Waals surface area (Å²) in [5.74, 6) is -0.00712. The maximum Gasteiger partial charge on any atom is 0.435 e. The number of hydrogen-bond acceptors (Lipinski definition) is 1. The van der Waals surface area contributed by atoms with Gasteiger partial charge >= 0.3 is 6.18 Å². The Labute approximate surface area is 109 Å². The van der Waals surface area contributed by atoms with Crippen molar-refractivity contribution in [2.24, 2.45) is 0 Å². The van der Waals surface area contributed by atoms with Gasteiger partial charge in [-0.15, -0.1) is 0 Å². The van der Waals surface area contributed by atoms with Gasteiger partial charge < -0.3 is 0 Å². The molecule has 0 saturated heterocycles. The van der Waals surface area contributed by atoms with Gasteiger partial charge in [0.1, 0.15) is 0 Å². The van der Waals surface area contributed by atoms with Gasteiger partial charge in [-0.05, 0) is 17.5 Å². The molecule has 1 aromatic carbocycles. The summed E-state index contributed by atoms with van der Waals surface area (Å²) in [6.07, 6.45) is -4.40. The lowest BCUT2D eigenvalue weighted by atomic mass is 10.1. The summed E-state index contributed by atoms with van der Waals surface area (Å²) in [6.45, 7) is 4.07. The Hall–Kier alpha value is -1.78. The lowest BCUT2D eigenvalue weighted by Gasteiger charge is -2.09. The fourth-order valence-corrected chi connectivity index (χ4v) is 1.92. The van der Waals surface area contributed by atoms with Crippen molar-refractivity contribution in [1.82, 2.24) is 9.78 Å². The smallest absolute Gasteiger partial charge is 0.264 e. The minimum absolute atomic E-state index is 0.00712. The molecule has 102 valence electrons. The van der Waals surface area contributed by atoms with E-state index in [0.717, 1.165) is 11.6 Å². The van der Waals surface area contributed by atoms with Crippen LogP contribution in [0.2, 0.25) is 0 Å². The first-order valence-corrected chi connectivity index (χ1v) is 6.07. The summed E-state index contributed by atoms with van der Waals surface area (Å²) in [4.78, 5) is 0. The molecule has 0 bridgehead atoms. The second-order valence-electron chi connectivity index (χ2n) is 4.75. The summed E-state index contributed by atoms with van der Waals surface area (Å²) in [5, 5.41) is 3.69. The summed E-state index contributed by atoms with van der Waals surface area (Å²) in [5.41, 5.74) is 0.699. The van der Waals surface area contributed by atoms with Crippen molar-refractivity contribution in [2.75, 3.05) is 0 Å². The molecule has 0 spiro atoms. The van der Waals surface area contributed by atoms with Crippen LogP contribution in [0.3, 0.4) is 0 Å². The Kier molecular flexibility index (Phi) is 3.64. The van der Waals surface area contributed by atoms with Gasteiger partial charge in [-0.1, -0.05) is 44.2 Å². The largest absolute Gasteiger partial charge is 0.435 e. The van der Waals surface area contributed by atoms with E-state index in [4.69, 9.17) is 0 Å². The molecular formula is C14H15F3N2. The highest BCUT2D eigenvalue weighted by atomic mass is 19.4. The van der Waals surface area contributed by atoms with Crippen LogP contribution in [0.5, 0.6) is 0 Å². The highest BCUT2D eigenvalue weighted by Crippen LogP contribution is 2.30. The second-order valence-corrected chi connectivity index (χ2v) is 4.75. The maximum absolute atomic E-state index is 12.7. The van der Waals surface area contributed by atoms with Crippen LogP contribution < -0.4 is 0 Å². The highest BCUT2D eigenvalue weighted by molar-refractivity contribution is 5.20. The fraction of sp³-hybridized carbons (Fsp3) is 0.357. The number of rotatable bonds is 3. The summed E-state index contributed by atoms with van der Waals surface area (Å²) in [7, 11) is 0. The number of nitrogens with zero attached hydrogens (tertiary/aromatic N) is 2. The zero-order chi connectivity index (χ0) is 14.0. The molecule has 0 aliphatic carbocycles. The Morgan fingerprint density at radius 3 is 2.32 bits per heavy atom. The van der Waals surface area contributed by atoms with Crippen LogP contribution in [-0.4, -0.2) is 9.78 Å². The average molecular weight is 268 g/mol. The fourth-order valence-electron chi connectivity index (χ4n) is 1.92. The molecule has 1 heterocycles. The van der Waals surface area contributed by atoms with Crippen LogP contribution in [0.15, 0.2) is 36.4 Å². The van der Waals surface area contributed by atoms with Crippen molar-refractivity contribution in [2.45, 2.75) is 32.5 Å². The van der Waals surface area contributed by atoms with Gasteiger partial charge in [-0.25, -0.2) is 0 Å². The molecule has 5 heteroatoms. The molecular weight excluding hydrogens is 253 g/mol. The van der Waals surface area contributed by atoms with Crippen molar-refractivity contribution in [1.29, 1.82) is 0 Å². The predicted octanol–water partition coefficient (Wildman–Crippen LogP) is 4.07. The molecule has 1 aromatic heterocycles. The van der Waals surface area contributed by atoms with Crippen molar-refractivity contribution in [3.8, 4) is 0 Å². The highest BCUT2D eigenvalue weighted by Gasteiger charge is 2.35. The Balaban J connectivity index is 2.36. The monoisotopic (exact) mass is 268 g/mol. The van der Waals surface area contributed by atoms with E-state index in [1.54, 1.807) is 0 Å². The molecule has 2 rings (SSSR count). The molecule has 0 radical (unpaired) electrons. The van der Waals surface area contributed by atoms with E-state index in [1.165, 1.54) is 4.68 Å². The predicted molar refractivity (Wildman–Crippen MR) is 66.9 cm³/mol. The number of benzene rings is 1. The Morgan fingerprint density at radius 1 is 1.16 bits per heavy atom. The van der Waals surface area contributed by atoms with Crippen LogP contribution in [-0.2, 0) is 12.7 Å². The molecule has 0 atom stereocenters. The van der Waals surface area contributed by atoms with Crippen molar-refractivity contribution in [3.05, 3.63) is 53.3 Å². The van der Waals surface area contributed by atoms with Crippen LogP contribution in [0.25, 0.3) is 0 Å². The van der Waals surface area contributed by atoms with Gasteiger partial charge in [0.25, 0.3) is 0 Å². The van der Waals surface area contributed by atoms with Gasteiger partial charge in [0.05, 0.1) is 6.54 Å². The van der Waals surface area contributed by atoms with Crippen molar-refractivity contribution in [3.63, 3.8) is 0 Å². The molecule has 0 unspecified atom stereocenters. The third-order valence-corrected chi connectivity index (χ3v) is 2.87. The first-order valence-electron chi connectivity index (χ1n) is 6.07. The van der Waals surface area contributed by atoms with E-state index in [-0.39, 0.29) is 5.92 Å². The summed E-state index contributed by atoms with van der Waals surface area (Å²) >= 11 is 0. The number of halogens is 3. The van der Waals surface area contributed by atoms with E-state index in [0.29, 0.717) is 12.2 Å². The normalized spacial score (nSPS) is 12.1. The third kappa shape index (κ3) is 3.16. The summed E-state index contributed by atoms with van der Waals surface area (Å²) < 4.78 is 39.6. The third-order valence-electron chi connectivity index (χ3n) is 2.87. The van der Waals surface area contributed by atoms with E-state index in [1.807, 2.05) is 44.2 Å². The molecule has 2 aromatic rings. The molecule has 0 aliphatic rings. The van der Waals surface area contributed by atoms with Crippen LogP contribution in [0, 0.1) is 0 Å². The molecule has 0 N–H and O–H groups in total.